The van der Waals surface area contributed by atoms with E-state index in [-0.39, 0.29) is 5.92 Å². The fourth-order valence-corrected chi connectivity index (χ4v) is 5.02. The number of hydrogen-bond donors (Lipinski definition) is 2. The average Bonchev–Trinajstić information content (AvgIpc) is 2.83. The quantitative estimate of drug-likeness (QED) is 0.695. The molecule has 1 aliphatic heterocycles. The van der Waals surface area contributed by atoms with Gasteiger partial charge in [0.1, 0.15) is 0 Å². The van der Waals surface area contributed by atoms with E-state index in [0.29, 0.717) is 35.7 Å². The van der Waals surface area contributed by atoms with E-state index < -0.39 is 11.9 Å². The van der Waals surface area contributed by atoms with Crippen LogP contribution >= 0.6 is 0 Å². The first-order valence-electron chi connectivity index (χ1n) is 7.29. The Morgan fingerprint density at radius 1 is 1.17 bits per heavy atom. The molecule has 7 atom stereocenters. The third-order valence-corrected chi connectivity index (χ3v) is 6.14. The van der Waals surface area contributed by atoms with Gasteiger partial charge in [-0.1, -0.05) is 20.8 Å². The fourth-order valence-electron chi connectivity index (χ4n) is 5.02. The summed E-state index contributed by atoms with van der Waals surface area (Å²) in [4.78, 5) is 0. The van der Waals surface area contributed by atoms with Crippen LogP contribution in [0.5, 0.6) is 0 Å². The van der Waals surface area contributed by atoms with Crippen molar-refractivity contribution in [3.63, 3.8) is 0 Å². The molecule has 2 aliphatic carbocycles. The maximum absolute atomic E-state index is 10.7. The monoisotopic (exact) mass is 254 g/mol. The van der Waals surface area contributed by atoms with Crippen LogP contribution in [-0.4, -0.2) is 28.7 Å². The van der Waals surface area contributed by atoms with Gasteiger partial charge >= 0.3 is 0 Å². The normalized spacial score (nSPS) is 58.3. The third-order valence-electron chi connectivity index (χ3n) is 6.14. The summed E-state index contributed by atoms with van der Waals surface area (Å²) in [6.07, 6.45) is 1.07. The van der Waals surface area contributed by atoms with Gasteiger partial charge in [-0.25, -0.2) is 0 Å². The molecule has 3 fully saturated rings. The van der Waals surface area contributed by atoms with Gasteiger partial charge in [0.15, 0.2) is 6.29 Å². The highest BCUT2D eigenvalue weighted by Gasteiger charge is 2.67. The molecule has 0 radical (unpaired) electrons. The van der Waals surface area contributed by atoms with Crippen LogP contribution in [0.25, 0.3) is 0 Å². The van der Waals surface area contributed by atoms with E-state index in [1.165, 1.54) is 0 Å². The molecule has 0 aromatic rings. The van der Waals surface area contributed by atoms with Crippen molar-refractivity contribution in [2.24, 2.45) is 35.0 Å². The second-order valence-electron chi connectivity index (χ2n) is 7.65. The molecule has 0 aromatic carbocycles. The Morgan fingerprint density at radius 3 is 2.50 bits per heavy atom. The number of fused-ring (bicyclic) bond motifs is 3. The number of hydrogen-bond acceptors (Lipinski definition) is 3. The molecule has 0 amide bonds. The van der Waals surface area contributed by atoms with Gasteiger partial charge in [0.25, 0.3) is 0 Å². The molecular weight excluding hydrogens is 228 g/mol. The Labute approximate surface area is 110 Å². The van der Waals surface area contributed by atoms with Gasteiger partial charge in [-0.3, -0.25) is 0 Å². The Bertz CT molecular complexity index is 350. The van der Waals surface area contributed by atoms with Crippen molar-refractivity contribution >= 4 is 0 Å². The van der Waals surface area contributed by atoms with Gasteiger partial charge in [0.05, 0.1) is 12.2 Å². The minimum atomic E-state index is -0.795. The Morgan fingerprint density at radius 2 is 1.83 bits per heavy atom. The molecule has 0 bridgehead atoms. The van der Waals surface area contributed by atoms with Crippen molar-refractivity contribution in [3.8, 4) is 0 Å². The van der Waals surface area contributed by atoms with Crippen LogP contribution in [0.4, 0.5) is 0 Å². The minimum absolute atomic E-state index is 0.127. The second kappa shape index (κ2) is 3.71. The van der Waals surface area contributed by atoms with E-state index in [4.69, 9.17) is 4.74 Å². The highest BCUT2D eigenvalue weighted by atomic mass is 16.6. The first-order chi connectivity index (χ1) is 8.27. The predicted molar refractivity (Wildman–Crippen MR) is 68.7 cm³/mol. The maximum atomic E-state index is 10.7. The summed E-state index contributed by atoms with van der Waals surface area (Å²) in [5.74, 6) is 2.05. The lowest BCUT2D eigenvalue weighted by molar-refractivity contribution is -0.242. The van der Waals surface area contributed by atoms with Crippen molar-refractivity contribution in [2.45, 2.75) is 52.4 Å². The van der Waals surface area contributed by atoms with E-state index in [9.17, 15) is 10.2 Å². The van der Waals surface area contributed by atoms with E-state index in [1.54, 1.807) is 0 Å². The van der Waals surface area contributed by atoms with Crippen LogP contribution in [-0.2, 0) is 4.74 Å². The lowest BCUT2D eigenvalue weighted by Gasteiger charge is -2.46. The molecule has 18 heavy (non-hydrogen) atoms. The topological polar surface area (TPSA) is 49.7 Å². The molecule has 0 spiro atoms. The van der Waals surface area contributed by atoms with Crippen molar-refractivity contribution in [3.05, 3.63) is 0 Å². The Kier molecular flexibility index (Phi) is 2.66. The first kappa shape index (κ1) is 12.9. The van der Waals surface area contributed by atoms with Gasteiger partial charge in [-0.2, -0.15) is 0 Å². The van der Waals surface area contributed by atoms with Crippen molar-refractivity contribution < 1.29 is 14.9 Å². The zero-order valence-electron chi connectivity index (χ0n) is 11.9. The number of aliphatic hydroxyl groups excluding tert-OH is 1. The Hall–Kier alpha value is -0.120. The largest absolute Gasteiger partial charge is 0.390 e. The van der Waals surface area contributed by atoms with Gasteiger partial charge in [0.2, 0.25) is 0 Å². The summed E-state index contributed by atoms with van der Waals surface area (Å²) in [7, 11) is 0. The van der Waals surface area contributed by atoms with E-state index in [2.05, 4.69) is 20.8 Å². The van der Waals surface area contributed by atoms with E-state index >= 15 is 0 Å². The standard InChI is InChI=1S/C15H26O3/c1-8-7-18-13(16)12-10(8)11-9(14(11,2)3)5-6-15(12,4)17/h8-13,16-17H,5-7H2,1-4H3/t8-,9-,10+,11-,12-,13+,15-/m0/s1. The van der Waals surface area contributed by atoms with Crippen molar-refractivity contribution in [1.29, 1.82) is 0 Å². The zero-order valence-corrected chi connectivity index (χ0v) is 11.9. The second-order valence-corrected chi connectivity index (χ2v) is 7.65. The van der Waals surface area contributed by atoms with E-state index in [1.807, 2.05) is 6.92 Å². The maximum Gasteiger partial charge on any atom is 0.160 e. The molecule has 0 unspecified atom stereocenters. The summed E-state index contributed by atoms with van der Waals surface area (Å²) >= 11 is 0. The summed E-state index contributed by atoms with van der Waals surface area (Å²) in [5, 5.41) is 20.9. The molecule has 2 saturated carbocycles. The molecule has 3 aliphatic rings. The average molecular weight is 254 g/mol. The summed E-state index contributed by atoms with van der Waals surface area (Å²) in [6, 6.07) is 0. The zero-order chi connectivity index (χ0) is 13.3. The fraction of sp³-hybridized carbons (Fsp3) is 1.00. The van der Waals surface area contributed by atoms with Gasteiger partial charge < -0.3 is 14.9 Å². The highest BCUT2D eigenvalue weighted by molar-refractivity contribution is 5.14. The molecule has 0 aromatic heterocycles. The third kappa shape index (κ3) is 1.60. The van der Waals surface area contributed by atoms with Gasteiger partial charge in [-0.05, 0) is 48.9 Å². The minimum Gasteiger partial charge on any atom is -0.390 e. The molecular formula is C15H26O3. The molecule has 1 saturated heterocycles. The molecule has 3 rings (SSSR count). The van der Waals surface area contributed by atoms with Crippen LogP contribution in [0.2, 0.25) is 0 Å². The lowest BCUT2D eigenvalue weighted by atomic mass is 9.68. The Balaban J connectivity index is 1.98. The lowest BCUT2D eigenvalue weighted by Crippen LogP contribution is -2.53. The van der Waals surface area contributed by atoms with Crippen molar-refractivity contribution in [2.75, 3.05) is 6.61 Å². The summed E-state index contributed by atoms with van der Waals surface area (Å²) in [5.41, 5.74) is -0.410. The molecule has 3 heteroatoms. The highest BCUT2D eigenvalue weighted by Crippen LogP contribution is 2.69. The molecule has 2 N–H and O–H groups in total. The summed E-state index contributed by atoms with van der Waals surface area (Å²) < 4.78 is 5.48. The SMILES string of the molecule is C[C@H]1CO[C@@H](O)[C@@H]2[C@H]1[C@@H]1[C@H](CC[C@]2(C)O)C1(C)C. The van der Waals surface area contributed by atoms with Gasteiger partial charge in [-0.15, -0.1) is 0 Å². The number of ether oxygens (including phenoxy) is 1. The smallest absolute Gasteiger partial charge is 0.160 e. The van der Waals surface area contributed by atoms with Crippen LogP contribution in [0.3, 0.4) is 0 Å². The molecule has 3 nitrogen and oxygen atoms in total. The summed E-state index contributed by atoms with van der Waals surface area (Å²) in [6.45, 7) is 9.39. The molecule has 1 heterocycles. The van der Waals surface area contributed by atoms with Gasteiger partial charge in [0, 0.05) is 5.92 Å². The predicted octanol–water partition coefficient (Wildman–Crippen LogP) is 2.02. The van der Waals surface area contributed by atoms with Crippen LogP contribution in [0.15, 0.2) is 0 Å². The molecule has 104 valence electrons. The van der Waals surface area contributed by atoms with Crippen molar-refractivity contribution in [1.82, 2.24) is 0 Å². The number of rotatable bonds is 0. The van der Waals surface area contributed by atoms with Crippen LogP contribution in [0, 0.1) is 35.0 Å². The first-order valence-corrected chi connectivity index (χ1v) is 7.29. The number of aliphatic hydroxyl groups is 2. The van der Waals surface area contributed by atoms with E-state index in [0.717, 1.165) is 12.8 Å². The van der Waals surface area contributed by atoms with Crippen LogP contribution in [0.1, 0.15) is 40.5 Å². The van der Waals surface area contributed by atoms with Crippen LogP contribution < -0.4 is 0 Å².